The van der Waals surface area contributed by atoms with Crippen molar-refractivity contribution in [3.8, 4) is 0 Å². The van der Waals surface area contributed by atoms with Gasteiger partial charge in [0.2, 0.25) is 0 Å². The van der Waals surface area contributed by atoms with Crippen molar-refractivity contribution in [3.63, 3.8) is 0 Å². The first-order valence-corrected chi connectivity index (χ1v) is 18.6. The van der Waals surface area contributed by atoms with Crippen LogP contribution in [0.4, 0.5) is 0 Å². The zero-order valence-corrected chi connectivity index (χ0v) is 28.8. The maximum Gasteiger partial charge on any atom is 0.00922 e. The highest BCUT2D eigenvalue weighted by Crippen LogP contribution is 2.26. The van der Waals surface area contributed by atoms with Crippen molar-refractivity contribution in [2.75, 3.05) is 27.2 Å². The molecular weight excluding hydrogens is 484 g/mol. The molecule has 0 aromatic carbocycles. The minimum absolute atomic E-state index is 0.795. The lowest BCUT2D eigenvalue weighted by Gasteiger charge is -2.28. The molecule has 0 saturated heterocycles. The summed E-state index contributed by atoms with van der Waals surface area (Å²) in [6.07, 6.45) is 37.8. The number of nitrogens with zero attached hydrogens (tertiary/aromatic N) is 1. The van der Waals surface area contributed by atoms with E-state index in [1.165, 1.54) is 180 Å². The van der Waals surface area contributed by atoms with E-state index in [-0.39, 0.29) is 0 Å². The Kier molecular flexibility index (Phi) is 31.3. The van der Waals surface area contributed by atoms with Crippen molar-refractivity contribution in [2.24, 2.45) is 5.92 Å². The van der Waals surface area contributed by atoms with Crippen LogP contribution in [0.15, 0.2) is 12.2 Å². The van der Waals surface area contributed by atoms with E-state index in [9.17, 15) is 0 Å². The van der Waals surface area contributed by atoms with Crippen molar-refractivity contribution >= 4 is 0 Å². The van der Waals surface area contributed by atoms with E-state index in [2.05, 4.69) is 51.7 Å². The Morgan fingerprint density at radius 3 is 1.55 bits per heavy atom. The third-order valence-corrected chi connectivity index (χ3v) is 9.28. The first kappa shape index (κ1) is 39.7. The Labute approximate surface area is 255 Å². The van der Waals surface area contributed by atoms with Crippen LogP contribution in [-0.4, -0.2) is 38.1 Å². The fourth-order valence-electron chi connectivity index (χ4n) is 6.47. The average Bonchev–Trinajstić information content (AvgIpc) is 2.95. The molecular formula is C38H78N2. The molecule has 0 rings (SSSR count). The number of hydrogen-bond acceptors (Lipinski definition) is 2. The van der Waals surface area contributed by atoms with Crippen LogP contribution in [0.1, 0.15) is 194 Å². The summed E-state index contributed by atoms with van der Waals surface area (Å²) < 4.78 is 0. The van der Waals surface area contributed by atoms with Gasteiger partial charge in [0.15, 0.2) is 0 Å². The van der Waals surface area contributed by atoms with Gasteiger partial charge < -0.3 is 10.2 Å². The van der Waals surface area contributed by atoms with Crippen LogP contribution in [0.25, 0.3) is 0 Å². The Hall–Kier alpha value is -0.340. The van der Waals surface area contributed by atoms with Crippen LogP contribution in [0.3, 0.4) is 0 Å². The molecule has 0 bridgehead atoms. The minimum atomic E-state index is 0.795. The fraction of sp³-hybridized carbons (Fsp3) is 0.947. The second kappa shape index (κ2) is 31.6. The van der Waals surface area contributed by atoms with E-state index in [0.717, 1.165) is 18.5 Å². The largest absolute Gasteiger partial charge is 0.320 e. The molecule has 0 radical (unpaired) electrons. The quantitative estimate of drug-likeness (QED) is 0.0632. The number of nitrogens with one attached hydrogen (secondary N) is 1. The SMILES string of the molecule is C=C(CCCCCCCCC(CCCCCCCCC)N(C)CCCNC)CC(CCCCC)CCCCCC. The molecule has 0 heterocycles. The Bertz CT molecular complexity index is 502. The molecule has 0 aromatic rings. The molecule has 0 spiro atoms. The Morgan fingerprint density at radius 1 is 0.575 bits per heavy atom. The standard InChI is InChI=1S/C38H78N2/c1-7-10-13-15-16-20-25-31-38(40(6)34-27-33-39-5)32-26-21-18-17-19-23-28-36(4)35-37(29-22-12-9-3)30-24-14-11-8-2/h37-39H,4,7-35H2,1-3,5-6H3. The van der Waals surface area contributed by atoms with Gasteiger partial charge >= 0.3 is 0 Å². The van der Waals surface area contributed by atoms with E-state index in [1.807, 2.05) is 0 Å². The zero-order chi connectivity index (χ0) is 29.5. The van der Waals surface area contributed by atoms with Gasteiger partial charge in [-0.15, -0.1) is 0 Å². The summed E-state index contributed by atoms with van der Waals surface area (Å²) in [4.78, 5) is 2.68. The lowest BCUT2D eigenvalue weighted by atomic mass is 9.88. The molecule has 0 fully saturated rings. The summed E-state index contributed by atoms with van der Waals surface area (Å²) in [5, 5.41) is 3.32. The second-order valence-electron chi connectivity index (χ2n) is 13.3. The van der Waals surface area contributed by atoms with E-state index in [4.69, 9.17) is 0 Å². The van der Waals surface area contributed by atoms with Crippen molar-refractivity contribution in [3.05, 3.63) is 12.2 Å². The van der Waals surface area contributed by atoms with Crippen LogP contribution in [-0.2, 0) is 0 Å². The maximum absolute atomic E-state index is 4.52. The summed E-state index contributed by atoms with van der Waals surface area (Å²) in [5.41, 5.74) is 1.55. The molecule has 1 N–H and O–H groups in total. The topological polar surface area (TPSA) is 15.3 Å². The third-order valence-electron chi connectivity index (χ3n) is 9.28. The monoisotopic (exact) mass is 563 g/mol. The van der Waals surface area contributed by atoms with Gasteiger partial charge in [0.25, 0.3) is 0 Å². The molecule has 0 aliphatic carbocycles. The first-order valence-electron chi connectivity index (χ1n) is 18.6. The molecule has 0 aliphatic heterocycles. The van der Waals surface area contributed by atoms with Gasteiger partial charge in [-0.2, -0.15) is 0 Å². The van der Waals surface area contributed by atoms with Gasteiger partial charge in [0.1, 0.15) is 0 Å². The molecule has 0 amide bonds. The molecule has 0 aliphatic rings. The van der Waals surface area contributed by atoms with E-state index < -0.39 is 0 Å². The van der Waals surface area contributed by atoms with Gasteiger partial charge in [-0.1, -0.05) is 168 Å². The molecule has 2 unspecified atom stereocenters. The number of unbranched alkanes of at least 4 members (excludes halogenated alkanes) is 16. The maximum atomic E-state index is 4.52. The summed E-state index contributed by atoms with van der Waals surface area (Å²) in [6.45, 7) is 13.9. The first-order chi connectivity index (χ1) is 19.6. The molecule has 2 atom stereocenters. The predicted molar refractivity (Wildman–Crippen MR) is 185 cm³/mol. The summed E-state index contributed by atoms with van der Waals surface area (Å²) in [7, 11) is 4.46. The predicted octanol–water partition coefficient (Wildman–Crippen LogP) is 12.3. The van der Waals surface area contributed by atoms with Crippen molar-refractivity contribution in [2.45, 2.75) is 200 Å². The molecule has 40 heavy (non-hydrogen) atoms. The van der Waals surface area contributed by atoms with Gasteiger partial charge in [-0.05, 0) is 71.6 Å². The smallest absolute Gasteiger partial charge is 0.00922 e. The van der Waals surface area contributed by atoms with Crippen LogP contribution in [0, 0.1) is 5.92 Å². The zero-order valence-electron chi connectivity index (χ0n) is 28.8. The van der Waals surface area contributed by atoms with E-state index in [1.54, 1.807) is 5.57 Å². The molecule has 2 nitrogen and oxygen atoms in total. The fourth-order valence-corrected chi connectivity index (χ4v) is 6.47. The van der Waals surface area contributed by atoms with Crippen molar-refractivity contribution < 1.29 is 0 Å². The van der Waals surface area contributed by atoms with Crippen LogP contribution >= 0.6 is 0 Å². The molecule has 0 aromatic heterocycles. The summed E-state index contributed by atoms with van der Waals surface area (Å²) in [5.74, 6) is 0.904. The number of allylic oxidation sites excluding steroid dienone is 1. The summed E-state index contributed by atoms with van der Waals surface area (Å²) in [6, 6.07) is 0.795. The van der Waals surface area contributed by atoms with Gasteiger partial charge in [0.05, 0.1) is 0 Å². The molecule has 0 saturated carbocycles. The molecule has 2 heteroatoms. The lowest BCUT2D eigenvalue weighted by Crippen LogP contribution is -2.33. The van der Waals surface area contributed by atoms with Crippen molar-refractivity contribution in [1.29, 1.82) is 0 Å². The van der Waals surface area contributed by atoms with Crippen molar-refractivity contribution in [1.82, 2.24) is 10.2 Å². The van der Waals surface area contributed by atoms with Crippen LogP contribution in [0.5, 0.6) is 0 Å². The highest BCUT2D eigenvalue weighted by molar-refractivity contribution is 4.95. The summed E-state index contributed by atoms with van der Waals surface area (Å²) >= 11 is 0. The number of hydrogen-bond donors (Lipinski definition) is 1. The van der Waals surface area contributed by atoms with Gasteiger partial charge in [-0.25, -0.2) is 0 Å². The second-order valence-corrected chi connectivity index (χ2v) is 13.3. The Morgan fingerprint density at radius 2 is 1.00 bits per heavy atom. The van der Waals surface area contributed by atoms with E-state index >= 15 is 0 Å². The average molecular weight is 563 g/mol. The van der Waals surface area contributed by atoms with Crippen LogP contribution < -0.4 is 5.32 Å². The highest BCUT2D eigenvalue weighted by Gasteiger charge is 2.14. The highest BCUT2D eigenvalue weighted by atomic mass is 15.1. The molecule has 240 valence electrons. The normalized spacial score (nSPS) is 13.2. The lowest BCUT2D eigenvalue weighted by molar-refractivity contribution is 0.207. The Balaban J connectivity index is 4.12. The van der Waals surface area contributed by atoms with Crippen LogP contribution in [0.2, 0.25) is 0 Å². The number of rotatable bonds is 33. The van der Waals surface area contributed by atoms with E-state index in [0.29, 0.717) is 0 Å². The minimum Gasteiger partial charge on any atom is -0.320 e. The third kappa shape index (κ3) is 26.6. The van der Waals surface area contributed by atoms with Gasteiger partial charge in [-0.3, -0.25) is 0 Å². The van der Waals surface area contributed by atoms with Gasteiger partial charge in [0, 0.05) is 6.04 Å².